The Hall–Kier alpha value is -2.56. The fourth-order valence-corrected chi connectivity index (χ4v) is 4.39. The van der Waals surface area contributed by atoms with Crippen LogP contribution in [0.15, 0.2) is 28.8 Å². The Morgan fingerprint density at radius 1 is 1.15 bits per heavy atom. The molecule has 0 unspecified atom stereocenters. The van der Waals surface area contributed by atoms with Crippen molar-refractivity contribution < 1.29 is 17.7 Å². The molecule has 1 N–H and O–H groups in total. The Balaban J connectivity index is 1.43. The third kappa shape index (κ3) is 3.27. The zero-order chi connectivity index (χ0) is 19.1. The lowest BCUT2D eigenvalue weighted by Gasteiger charge is -2.52. The van der Waals surface area contributed by atoms with E-state index in [0.717, 1.165) is 50.8 Å². The fraction of sp³-hybridized carbons (Fsp3) is 0.526. The number of rotatable bonds is 4. The molecule has 3 aliphatic carbocycles. The Morgan fingerprint density at radius 3 is 2.44 bits per heavy atom. The lowest BCUT2D eigenvalue weighted by molar-refractivity contribution is -0.159. The SMILES string of the molecule is [C-]#[N+]c1cccc(NCC23CCC(c4noc(C(F)(F)F)n4)(CC2)CC3)c1. The minimum absolute atomic E-state index is 0.131. The van der Waals surface area contributed by atoms with Gasteiger partial charge in [0.15, 0.2) is 11.5 Å². The molecule has 1 heterocycles. The summed E-state index contributed by atoms with van der Waals surface area (Å²) in [6.07, 6.45) is 0.461. The number of hydrogen-bond acceptors (Lipinski definition) is 4. The summed E-state index contributed by atoms with van der Waals surface area (Å²) < 4.78 is 42.7. The van der Waals surface area contributed by atoms with Crippen molar-refractivity contribution >= 4 is 11.4 Å². The number of nitrogens with zero attached hydrogens (tertiary/aromatic N) is 3. The van der Waals surface area contributed by atoms with Crippen molar-refractivity contribution in [2.75, 3.05) is 11.9 Å². The lowest BCUT2D eigenvalue weighted by Crippen LogP contribution is -2.47. The van der Waals surface area contributed by atoms with Crippen molar-refractivity contribution in [3.63, 3.8) is 0 Å². The van der Waals surface area contributed by atoms with Gasteiger partial charge in [0.25, 0.3) is 0 Å². The van der Waals surface area contributed by atoms with Crippen LogP contribution in [0.25, 0.3) is 4.85 Å². The minimum Gasteiger partial charge on any atom is -0.386 e. The molecule has 0 spiro atoms. The summed E-state index contributed by atoms with van der Waals surface area (Å²) in [4.78, 5) is 7.10. The second-order valence-corrected chi connectivity index (χ2v) is 7.72. The van der Waals surface area contributed by atoms with Gasteiger partial charge in [0.05, 0.1) is 6.57 Å². The summed E-state index contributed by atoms with van der Waals surface area (Å²) in [5.74, 6) is -1.04. The molecule has 1 aromatic carbocycles. The van der Waals surface area contributed by atoms with E-state index in [2.05, 4.69) is 24.8 Å². The van der Waals surface area contributed by atoms with Gasteiger partial charge < -0.3 is 9.84 Å². The van der Waals surface area contributed by atoms with Crippen molar-refractivity contribution in [3.8, 4) is 0 Å². The first kappa shape index (κ1) is 17.8. The van der Waals surface area contributed by atoms with Crippen LogP contribution in [0.2, 0.25) is 0 Å². The quantitative estimate of drug-likeness (QED) is 0.732. The first-order valence-electron chi connectivity index (χ1n) is 8.97. The van der Waals surface area contributed by atoms with Gasteiger partial charge in [0, 0.05) is 17.6 Å². The van der Waals surface area contributed by atoms with E-state index in [1.807, 2.05) is 18.2 Å². The van der Waals surface area contributed by atoms with Gasteiger partial charge in [-0.3, -0.25) is 0 Å². The van der Waals surface area contributed by atoms with Gasteiger partial charge in [0.1, 0.15) is 0 Å². The number of hydrogen-bond donors (Lipinski definition) is 1. The molecule has 5 rings (SSSR count). The van der Waals surface area contributed by atoms with Gasteiger partial charge in [-0.15, -0.1) is 0 Å². The standard InChI is InChI=1S/C19H19F3N4O/c1-23-13-3-2-4-14(11-13)24-12-17-5-8-18(9-6-17,10-7-17)15-25-16(27-26-15)19(20,21)22/h2-4,11,24H,5-10,12H2. The maximum atomic E-state index is 12.8. The molecular formula is C19H19F3N4O. The lowest BCUT2D eigenvalue weighted by atomic mass is 9.53. The molecule has 5 nitrogen and oxygen atoms in total. The molecule has 3 saturated carbocycles. The summed E-state index contributed by atoms with van der Waals surface area (Å²) in [7, 11) is 0. The van der Waals surface area contributed by atoms with Crippen molar-refractivity contribution in [2.45, 2.75) is 50.1 Å². The van der Waals surface area contributed by atoms with Crippen LogP contribution in [0, 0.1) is 12.0 Å². The molecular weight excluding hydrogens is 357 g/mol. The van der Waals surface area contributed by atoms with Crippen molar-refractivity contribution in [1.29, 1.82) is 0 Å². The third-order valence-corrected chi connectivity index (χ3v) is 6.19. The molecule has 27 heavy (non-hydrogen) atoms. The summed E-state index contributed by atoms with van der Waals surface area (Å²) >= 11 is 0. The van der Waals surface area contributed by atoms with Gasteiger partial charge in [-0.1, -0.05) is 17.3 Å². The van der Waals surface area contributed by atoms with E-state index in [4.69, 9.17) is 6.57 Å². The zero-order valence-corrected chi connectivity index (χ0v) is 14.6. The van der Waals surface area contributed by atoms with Crippen LogP contribution in [0.1, 0.15) is 50.2 Å². The summed E-state index contributed by atoms with van der Waals surface area (Å²) in [5.41, 5.74) is 1.26. The van der Waals surface area contributed by atoms with Crippen molar-refractivity contribution in [3.05, 3.63) is 47.4 Å². The molecule has 3 fully saturated rings. The Labute approximate surface area is 154 Å². The van der Waals surface area contributed by atoms with E-state index < -0.39 is 17.5 Å². The van der Waals surface area contributed by atoms with Crippen LogP contribution < -0.4 is 5.32 Å². The number of fused-ring (bicyclic) bond motifs is 3. The van der Waals surface area contributed by atoms with Gasteiger partial charge in [-0.2, -0.15) is 18.2 Å². The second-order valence-electron chi connectivity index (χ2n) is 7.72. The van der Waals surface area contributed by atoms with Crippen LogP contribution in [0.5, 0.6) is 0 Å². The fourth-order valence-electron chi connectivity index (χ4n) is 4.39. The van der Waals surface area contributed by atoms with E-state index in [0.29, 0.717) is 5.69 Å². The highest BCUT2D eigenvalue weighted by atomic mass is 19.4. The summed E-state index contributed by atoms with van der Waals surface area (Å²) in [5, 5.41) is 7.10. The topological polar surface area (TPSA) is 55.3 Å². The van der Waals surface area contributed by atoms with Gasteiger partial charge >= 0.3 is 12.1 Å². The second kappa shape index (κ2) is 6.25. The highest BCUT2D eigenvalue weighted by Crippen LogP contribution is 2.57. The van der Waals surface area contributed by atoms with Gasteiger partial charge in [-0.25, -0.2) is 4.85 Å². The Kier molecular flexibility index (Phi) is 4.13. The molecule has 1 aromatic heterocycles. The van der Waals surface area contributed by atoms with E-state index >= 15 is 0 Å². The highest BCUT2D eigenvalue weighted by molar-refractivity contribution is 5.57. The monoisotopic (exact) mass is 376 g/mol. The van der Waals surface area contributed by atoms with E-state index in [1.165, 1.54) is 0 Å². The largest absolute Gasteiger partial charge is 0.471 e. The molecule has 0 radical (unpaired) electrons. The number of aromatic nitrogens is 2. The highest BCUT2D eigenvalue weighted by Gasteiger charge is 2.52. The van der Waals surface area contributed by atoms with Crippen LogP contribution in [0.3, 0.4) is 0 Å². The predicted molar refractivity (Wildman–Crippen MR) is 92.3 cm³/mol. The summed E-state index contributed by atoms with van der Waals surface area (Å²) in [6, 6.07) is 7.40. The first-order valence-corrected chi connectivity index (χ1v) is 8.97. The molecule has 2 bridgehead atoms. The zero-order valence-electron chi connectivity index (χ0n) is 14.6. The molecule has 2 aromatic rings. The predicted octanol–water partition coefficient (Wildman–Crippen LogP) is 5.34. The van der Waals surface area contributed by atoms with E-state index in [-0.39, 0.29) is 11.2 Å². The molecule has 142 valence electrons. The molecule has 0 amide bonds. The van der Waals surface area contributed by atoms with E-state index in [1.54, 1.807) is 6.07 Å². The minimum atomic E-state index is -4.60. The number of benzene rings is 1. The normalized spacial score (nSPS) is 27.3. The molecule has 8 heteroatoms. The van der Waals surface area contributed by atoms with Crippen molar-refractivity contribution in [1.82, 2.24) is 10.1 Å². The van der Waals surface area contributed by atoms with E-state index in [9.17, 15) is 13.2 Å². The maximum absolute atomic E-state index is 12.8. The van der Waals surface area contributed by atoms with Gasteiger partial charge in [0.2, 0.25) is 0 Å². The van der Waals surface area contributed by atoms with Crippen molar-refractivity contribution in [2.24, 2.45) is 5.41 Å². The van der Waals surface area contributed by atoms with Gasteiger partial charge in [-0.05, 0) is 56.1 Å². The van der Waals surface area contributed by atoms with Crippen LogP contribution in [0.4, 0.5) is 24.5 Å². The maximum Gasteiger partial charge on any atom is 0.471 e. The van der Waals surface area contributed by atoms with Crippen LogP contribution >= 0.6 is 0 Å². The average Bonchev–Trinajstić information content (AvgIpc) is 3.20. The number of nitrogens with one attached hydrogen (secondary N) is 1. The molecule has 0 atom stereocenters. The Bertz CT molecular complexity index is 859. The third-order valence-electron chi connectivity index (χ3n) is 6.19. The molecule has 3 aliphatic rings. The average molecular weight is 376 g/mol. The number of halogens is 3. The first-order chi connectivity index (χ1) is 12.8. The number of anilines is 1. The number of alkyl halides is 3. The molecule has 0 saturated heterocycles. The van der Waals surface area contributed by atoms with Crippen LogP contribution in [-0.4, -0.2) is 16.7 Å². The van der Waals surface area contributed by atoms with Crippen LogP contribution in [-0.2, 0) is 11.6 Å². The smallest absolute Gasteiger partial charge is 0.386 e. The summed E-state index contributed by atoms with van der Waals surface area (Å²) in [6.45, 7) is 7.90. The molecule has 0 aliphatic heterocycles. The Morgan fingerprint density at radius 2 is 1.85 bits per heavy atom.